The van der Waals surface area contributed by atoms with Gasteiger partial charge in [-0.2, -0.15) is 5.10 Å². The standard InChI is InChI=1S/C20H24N6/c1-24-11-9-18-15(13-24)6-5-10-25(18)19-17-12-23-26(20(17)22-14-21-19)16-7-3-2-4-8-16/h2-4,7-8,12,14-15,18H,5-6,9-11,13H2,1H3/t15-,18+/m1/s1. The zero-order valence-electron chi connectivity index (χ0n) is 15.1. The second kappa shape index (κ2) is 6.36. The number of anilines is 1. The average Bonchev–Trinajstić information content (AvgIpc) is 3.12. The van der Waals surface area contributed by atoms with Gasteiger partial charge < -0.3 is 9.80 Å². The first-order valence-corrected chi connectivity index (χ1v) is 9.50. The molecule has 2 aliphatic rings. The van der Waals surface area contributed by atoms with Crippen molar-refractivity contribution in [1.29, 1.82) is 0 Å². The van der Waals surface area contributed by atoms with E-state index in [2.05, 4.69) is 39.1 Å². The highest BCUT2D eigenvalue weighted by Gasteiger charge is 2.36. The Morgan fingerprint density at radius 1 is 1.04 bits per heavy atom. The molecule has 2 fully saturated rings. The van der Waals surface area contributed by atoms with Gasteiger partial charge in [-0.25, -0.2) is 14.6 Å². The number of rotatable bonds is 2. The van der Waals surface area contributed by atoms with E-state index in [9.17, 15) is 0 Å². The van der Waals surface area contributed by atoms with Crippen LogP contribution >= 0.6 is 0 Å². The van der Waals surface area contributed by atoms with Crippen molar-refractivity contribution in [1.82, 2.24) is 24.6 Å². The summed E-state index contributed by atoms with van der Waals surface area (Å²) in [6.07, 6.45) is 7.38. The van der Waals surface area contributed by atoms with Crippen LogP contribution in [0.25, 0.3) is 16.7 Å². The van der Waals surface area contributed by atoms with Gasteiger partial charge >= 0.3 is 0 Å². The molecule has 134 valence electrons. The molecular weight excluding hydrogens is 324 g/mol. The van der Waals surface area contributed by atoms with Crippen LogP contribution in [0.5, 0.6) is 0 Å². The lowest BCUT2D eigenvalue weighted by Crippen LogP contribution is -2.53. The third-order valence-electron chi connectivity index (χ3n) is 5.89. The van der Waals surface area contributed by atoms with Gasteiger partial charge in [-0.3, -0.25) is 0 Å². The maximum absolute atomic E-state index is 4.70. The predicted octanol–water partition coefficient (Wildman–Crippen LogP) is 2.74. The number of piperidine rings is 2. The number of para-hydroxylation sites is 1. The Morgan fingerprint density at radius 2 is 1.92 bits per heavy atom. The second-order valence-corrected chi connectivity index (χ2v) is 7.54. The summed E-state index contributed by atoms with van der Waals surface area (Å²) in [6, 6.07) is 10.8. The molecule has 0 saturated carbocycles. The highest BCUT2D eigenvalue weighted by molar-refractivity contribution is 5.87. The normalized spacial score (nSPS) is 24.0. The lowest BCUT2D eigenvalue weighted by atomic mass is 9.84. The minimum Gasteiger partial charge on any atom is -0.353 e. The molecular formula is C20H24N6. The molecule has 4 heterocycles. The van der Waals surface area contributed by atoms with Crippen molar-refractivity contribution in [2.45, 2.75) is 25.3 Å². The van der Waals surface area contributed by atoms with Crippen LogP contribution in [0.2, 0.25) is 0 Å². The summed E-state index contributed by atoms with van der Waals surface area (Å²) >= 11 is 0. The van der Waals surface area contributed by atoms with E-state index in [0.717, 1.165) is 41.5 Å². The SMILES string of the molecule is CN1CC[C@H]2[C@H](CCCN2c2ncnc3c2cnn3-c2ccccc2)C1. The van der Waals surface area contributed by atoms with Crippen LogP contribution in [0.15, 0.2) is 42.9 Å². The molecule has 5 rings (SSSR count). The number of aromatic nitrogens is 4. The molecule has 0 radical (unpaired) electrons. The van der Waals surface area contributed by atoms with Gasteiger partial charge in [0.1, 0.15) is 12.1 Å². The molecule has 2 aromatic heterocycles. The molecule has 0 spiro atoms. The van der Waals surface area contributed by atoms with Crippen molar-refractivity contribution in [2.75, 3.05) is 31.6 Å². The molecule has 0 amide bonds. The van der Waals surface area contributed by atoms with E-state index >= 15 is 0 Å². The number of hydrogen-bond acceptors (Lipinski definition) is 5. The van der Waals surface area contributed by atoms with Gasteiger partial charge in [0.2, 0.25) is 0 Å². The van der Waals surface area contributed by atoms with Crippen LogP contribution in [0, 0.1) is 5.92 Å². The molecule has 0 bridgehead atoms. The summed E-state index contributed by atoms with van der Waals surface area (Å²) in [7, 11) is 2.24. The van der Waals surface area contributed by atoms with E-state index in [1.165, 1.54) is 25.8 Å². The lowest BCUT2D eigenvalue weighted by molar-refractivity contribution is 0.154. The van der Waals surface area contributed by atoms with Gasteiger partial charge in [-0.1, -0.05) is 18.2 Å². The Bertz CT molecular complexity index is 905. The minimum atomic E-state index is 0.582. The number of nitrogens with zero attached hydrogens (tertiary/aromatic N) is 6. The van der Waals surface area contributed by atoms with E-state index in [1.54, 1.807) is 6.33 Å². The molecule has 2 saturated heterocycles. The van der Waals surface area contributed by atoms with Crippen molar-refractivity contribution < 1.29 is 0 Å². The zero-order chi connectivity index (χ0) is 17.5. The lowest BCUT2D eigenvalue weighted by Gasteiger charge is -2.47. The quantitative estimate of drug-likeness (QED) is 0.713. The Hall–Kier alpha value is -2.47. The van der Waals surface area contributed by atoms with E-state index in [1.807, 2.05) is 29.1 Å². The molecule has 3 aromatic rings. The smallest absolute Gasteiger partial charge is 0.168 e. The minimum absolute atomic E-state index is 0.582. The number of benzene rings is 1. The monoisotopic (exact) mass is 348 g/mol. The van der Waals surface area contributed by atoms with E-state index < -0.39 is 0 Å². The summed E-state index contributed by atoms with van der Waals surface area (Å²) < 4.78 is 1.91. The number of fused-ring (bicyclic) bond motifs is 2. The maximum atomic E-state index is 4.70. The maximum Gasteiger partial charge on any atom is 0.168 e. The van der Waals surface area contributed by atoms with Crippen LogP contribution in [0.1, 0.15) is 19.3 Å². The molecule has 0 aliphatic carbocycles. The summed E-state index contributed by atoms with van der Waals surface area (Å²) in [4.78, 5) is 14.2. The highest BCUT2D eigenvalue weighted by Crippen LogP contribution is 2.35. The van der Waals surface area contributed by atoms with Crippen LogP contribution in [0.4, 0.5) is 5.82 Å². The molecule has 6 nitrogen and oxygen atoms in total. The molecule has 2 atom stereocenters. The summed E-state index contributed by atoms with van der Waals surface area (Å²) in [5.74, 6) is 1.79. The molecule has 26 heavy (non-hydrogen) atoms. The molecule has 6 heteroatoms. The van der Waals surface area contributed by atoms with Crippen molar-refractivity contribution in [3.63, 3.8) is 0 Å². The highest BCUT2D eigenvalue weighted by atomic mass is 15.3. The average molecular weight is 348 g/mol. The zero-order valence-corrected chi connectivity index (χ0v) is 15.1. The third kappa shape index (κ3) is 2.56. The van der Waals surface area contributed by atoms with E-state index in [0.29, 0.717) is 6.04 Å². The molecule has 0 unspecified atom stereocenters. The van der Waals surface area contributed by atoms with Crippen molar-refractivity contribution in [3.8, 4) is 5.69 Å². The fraction of sp³-hybridized carbons (Fsp3) is 0.450. The molecule has 2 aliphatic heterocycles. The van der Waals surface area contributed by atoms with Gasteiger partial charge in [0.05, 0.1) is 17.3 Å². The van der Waals surface area contributed by atoms with Crippen molar-refractivity contribution in [2.24, 2.45) is 5.92 Å². The first kappa shape index (κ1) is 15.8. The van der Waals surface area contributed by atoms with Crippen LogP contribution in [0.3, 0.4) is 0 Å². The van der Waals surface area contributed by atoms with Crippen LogP contribution < -0.4 is 4.90 Å². The Kier molecular flexibility index (Phi) is 3.85. The summed E-state index contributed by atoms with van der Waals surface area (Å²) in [6.45, 7) is 3.43. The van der Waals surface area contributed by atoms with Gasteiger partial charge in [-0.05, 0) is 50.9 Å². The van der Waals surface area contributed by atoms with Gasteiger partial charge in [-0.15, -0.1) is 0 Å². The fourth-order valence-corrected chi connectivity index (χ4v) is 4.67. The molecule has 1 aromatic carbocycles. The van der Waals surface area contributed by atoms with Gasteiger partial charge in [0.15, 0.2) is 5.65 Å². The summed E-state index contributed by atoms with van der Waals surface area (Å²) in [5.41, 5.74) is 1.92. The topological polar surface area (TPSA) is 50.1 Å². The fourth-order valence-electron chi connectivity index (χ4n) is 4.67. The van der Waals surface area contributed by atoms with Gasteiger partial charge in [0.25, 0.3) is 0 Å². The van der Waals surface area contributed by atoms with Crippen molar-refractivity contribution >= 4 is 16.9 Å². The Morgan fingerprint density at radius 3 is 2.81 bits per heavy atom. The molecule has 0 N–H and O–H groups in total. The third-order valence-corrected chi connectivity index (χ3v) is 5.89. The first-order chi connectivity index (χ1) is 12.8. The van der Waals surface area contributed by atoms with E-state index in [-0.39, 0.29) is 0 Å². The second-order valence-electron chi connectivity index (χ2n) is 7.54. The Labute approximate surface area is 153 Å². The Balaban J connectivity index is 1.56. The van der Waals surface area contributed by atoms with Gasteiger partial charge in [0, 0.05) is 19.1 Å². The van der Waals surface area contributed by atoms with Crippen molar-refractivity contribution in [3.05, 3.63) is 42.9 Å². The van der Waals surface area contributed by atoms with Crippen LogP contribution in [-0.4, -0.2) is 57.4 Å². The number of likely N-dealkylation sites (tertiary alicyclic amines) is 1. The predicted molar refractivity (Wildman–Crippen MR) is 103 cm³/mol. The van der Waals surface area contributed by atoms with Crippen LogP contribution in [-0.2, 0) is 0 Å². The number of hydrogen-bond donors (Lipinski definition) is 0. The van der Waals surface area contributed by atoms with E-state index in [4.69, 9.17) is 4.98 Å². The largest absolute Gasteiger partial charge is 0.353 e. The summed E-state index contributed by atoms with van der Waals surface area (Å²) in [5, 5.41) is 5.67. The first-order valence-electron chi connectivity index (χ1n) is 9.50.